The first-order valence-electron chi connectivity index (χ1n) is 9.20. The first-order valence-corrected chi connectivity index (χ1v) is 9.58. The van der Waals surface area contributed by atoms with Crippen LogP contribution in [0.25, 0.3) is 0 Å². The van der Waals surface area contributed by atoms with Crippen molar-refractivity contribution in [3.05, 3.63) is 76.8 Å². The summed E-state index contributed by atoms with van der Waals surface area (Å²) in [6.07, 6.45) is 1.62. The Kier molecular flexibility index (Phi) is 5.24. The molecule has 2 heterocycles. The first kappa shape index (κ1) is 18.8. The molecule has 0 spiro atoms. The molecule has 2 aromatic rings. The lowest BCUT2D eigenvalue weighted by Gasteiger charge is -2.37. The zero-order chi connectivity index (χ0) is 19.7. The Morgan fingerprint density at radius 1 is 1.14 bits per heavy atom. The Morgan fingerprint density at radius 3 is 2.50 bits per heavy atom. The maximum Gasteiger partial charge on any atom is 0.234 e. The van der Waals surface area contributed by atoms with Gasteiger partial charge in [0.05, 0.1) is 6.67 Å². The van der Waals surface area contributed by atoms with E-state index in [9.17, 15) is 4.39 Å². The monoisotopic (exact) mass is 400 g/mol. The number of rotatable bonds is 5. The molecule has 28 heavy (non-hydrogen) atoms. The van der Waals surface area contributed by atoms with Crippen LogP contribution >= 0.6 is 11.6 Å². The van der Waals surface area contributed by atoms with Gasteiger partial charge in [-0.05, 0) is 48.9 Å². The van der Waals surface area contributed by atoms with E-state index in [1.54, 1.807) is 19.2 Å². The van der Waals surface area contributed by atoms with Crippen molar-refractivity contribution in [3.8, 4) is 0 Å². The van der Waals surface area contributed by atoms with Crippen LogP contribution in [0.5, 0.6) is 0 Å². The molecule has 5 nitrogen and oxygen atoms in total. The van der Waals surface area contributed by atoms with Gasteiger partial charge in [-0.1, -0.05) is 23.7 Å². The summed E-state index contributed by atoms with van der Waals surface area (Å²) in [5.74, 6) is 0.626. The molecule has 0 aromatic heterocycles. The number of amidine groups is 1. The third-order valence-electron chi connectivity index (χ3n) is 4.90. The first-order chi connectivity index (χ1) is 13.6. The van der Waals surface area contributed by atoms with Crippen LogP contribution in [0, 0.1) is 5.82 Å². The van der Waals surface area contributed by atoms with Gasteiger partial charge in [0.15, 0.2) is 5.84 Å². The Labute approximate surface area is 169 Å². The zero-order valence-electron chi connectivity index (χ0n) is 15.8. The van der Waals surface area contributed by atoms with Gasteiger partial charge in [-0.15, -0.1) is 0 Å². The summed E-state index contributed by atoms with van der Waals surface area (Å²) in [5, 5.41) is 0.728. The third-order valence-corrected chi connectivity index (χ3v) is 5.15. The number of hydrogen-bond donors (Lipinski definition) is 0. The average molecular weight is 401 g/mol. The van der Waals surface area contributed by atoms with E-state index in [0.29, 0.717) is 0 Å². The molecule has 2 aliphatic rings. The molecule has 4 rings (SSSR count). The summed E-state index contributed by atoms with van der Waals surface area (Å²) in [4.78, 5) is 11.2. The number of ether oxygens (including phenoxy) is 1. The molecule has 0 bridgehead atoms. The normalized spacial score (nSPS) is 18.9. The molecule has 1 atom stereocenters. The van der Waals surface area contributed by atoms with Crippen LogP contribution in [-0.2, 0) is 11.3 Å². The third kappa shape index (κ3) is 3.57. The zero-order valence-corrected chi connectivity index (χ0v) is 16.6. The van der Waals surface area contributed by atoms with E-state index in [0.717, 1.165) is 42.0 Å². The molecular formula is C21H22ClFN4O. The molecule has 0 saturated heterocycles. The van der Waals surface area contributed by atoms with Gasteiger partial charge in [-0.2, -0.15) is 0 Å². The van der Waals surface area contributed by atoms with Gasteiger partial charge < -0.3 is 14.5 Å². The molecule has 146 valence electrons. The fraction of sp³-hybridized carbons (Fsp3) is 0.286. The molecule has 2 aromatic carbocycles. The predicted molar refractivity (Wildman–Crippen MR) is 109 cm³/mol. The number of hydrogen-bond acceptors (Lipinski definition) is 5. The van der Waals surface area contributed by atoms with Crippen molar-refractivity contribution in [2.75, 3.05) is 25.2 Å². The van der Waals surface area contributed by atoms with E-state index < -0.39 is 6.35 Å². The van der Waals surface area contributed by atoms with E-state index in [4.69, 9.17) is 21.3 Å². The Bertz CT molecular complexity index is 898. The van der Waals surface area contributed by atoms with Gasteiger partial charge in [-0.3, -0.25) is 4.90 Å². The lowest BCUT2D eigenvalue weighted by atomic mass is 10.2. The smallest absolute Gasteiger partial charge is 0.234 e. The lowest BCUT2D eigenvalue weighted by Crippen LogP contribution is -2.45. The fourth-order valence-corrected chi connectivity index (χ4v) is 3.64. The molecule has 1 unspecified atom stereocenters. The Balaban J connectivity index is 1.68. The number of aliphatic imine (C=N–C) groups is 1. The van der Waals surface area contributed by atoms with Crippen LogP contribution in [0.1, 0.15) is 12.5 Å². The maximum atomic E-state index is 13.4. The minimum Gasteiger partial charge on any atom is -0.353 e. The molecule has 0 N–H and O–H groups in total. The highest BCUT2D eigenvalue weighted by molar-refractivity contribution is 6.30. The highest BCUT2D eigenvalue weighted by Crippen LogP contribution is 2.33. The van der Waals surface area contributed by atoms with E-state index in [1.165, 1.54) is 17.7 Å². The van der Waals surface area contributed by atoms with E-state index in [2.05, 4.69) is 22.9 Å². The topological polar surface area (TPSA) is 31.3 Å². The minimum atomic E-state index is -0.476. The van der Waals surface area contributed by atoms with Gasteiger partial charge in [0.25, 0.3) is 0 Å². The summed E-state index contributed by atoms with van der Waals surface area (Å²) in [6.45, 7) is 4.41. The summed E-state index contributed by atoms with van der Waals surface area (Å²) in [7, 11) is 1.63. The molecule has 0 amide bonds. The van der Waals surface area contributed by atoms with Crippen molar-refractivity contribution < 1.29 is 9.13 Å². The van der Waals surface area contributed by atoms with Gasteiger partial charge in [0.2, 0.25) is 6.35 Å². The number of fused-ring (bicyclic) bond motifs is 1. The molecule has 2 aliphatic heterocycles. The van der Waals surface area contributed by atoms with Gasteiger partial charge >= 0.3 is 0 Å². The highest BCUT2D eigenvalue weighted by atomic mass is 35.5. The fourth-order valence-electron chi connectivity index (χ4n) is 3.51. The largest absolute Gasteiger partial charge is 0.353 e. The number of likely N-dealkylation sites (N-methyl/N-ethyl adjacent to an activating group) is 1. The van der Waals surface area contributed by atoms with Crippen LogP contribution in [0.2, 0.25) is 5.02 Å². The van der Waals surface area contributed by atoms with Gasteiger partial charge in [0, 0.05) is 37.1 Å². The van der Waals surface area contributed by atoms with Crippen LogP contribution in [0.15, 0.2) is 65.4 Å². The number of nitrogens with zero attached hydrogens (tertiary/aromatic N) is 4. The molecule has 0 radical (unpaired) electrons. The van der Waals surface area contributed by atoms with Crippen molar-refractivity contribution in [1.29, 1.82) is 0 Å². The number of methoxy groups -OCH3 is 1. The van der Waals surface area contributed by atoms with Gasteiger partial charge in [-0.25, -0.2) is 9.38 Å². The van der Waals surface area contributed by atoms with E-state index in [1.807, 2.05) is 29.2 Å². The predicted octanol–water partition coefficient (Wildman–Crippen LogP) is 4.26. The van der Waals surface area contributed by atoms with Crippen molar-refractivity contribution in [2.24, 2.45) is 4.99 Å². The maximum absolute atomic E-state index is 13.4. The van der Waals surface area contributed by atoms with Crippen LogP contribution in [0.4, 0.5) is 10.1 Å². The SMILES string of the molecule is CCN1CN(Cc2ccc(Cl)cc2)C=C2C1=NC(OC)N2c1ccc(F)cc1. The summed E-state index contributed by atoms with van der Waals surface area (Å²) in [5.41, 5.74) is 2.95. The second-order valence-electron chi connectivity index (χ2n) is 6.75. The van der Waals surface area contributed by atoms with Gasteiger partial charge in [0.1, 0.15) is 11.5 Å². The molecule has 0 aliphatic carbocycles. The summed E-state index contributed by atoms with van der Waals surface area (Å²) in [6, 6.07) is 14.3. The van der Waals surface area contributed by atoms with E-state index >= 15 is 0 Å². The molecule has 0 saturated carbocycles. The highest BCUT2D eigenvalue weighted by Gasteiger charge is 2.37. The van der Waals surface area contributed by atoms with Crippen molar-refractivity contribution >= 4 is 23.1 Å². The number of halogens is 2. The second kappa shape index (κ2) is 7.81. The number of benzene rings is 2. The van der Waals surface area contributed by atoms with Crippen molar-refractivity contribution in [2.45, 2.75) is 19.8 Å². The quantitative estimate of drug-likeness (QED) is 0.750. The van der Waals surface area contributed by atoms with Crippen LogP contribution < -0.4 is 4.90 Å². The second-order valence-corrected chi connectivity index (χ2v) is 7.18. The average Bonchev–Trinajstić information content (AvgIpc) is 3.08. The summed E-state index contributed by atoms with van der Waals surface area (Å²) >= 11 is 6.01. The van der Waals surface area contributed by atoms with E-state index in [-0.39, 0.29) is 5.82 Å². The standard InChI is InChI=1S/C21H22ClFN4O/c1-3-26-14-25(12-15-4-6-16(22)7-5-15)13-19-20(26)24-21(28-2)27(19)18-10-8-17(23)9-11-18/h4-11,13,21H,3,12,14H2,1-2H3. The molecular weight excluding hydrogens is 379 g/mol. The van der Waals surface area contributed by atoms with Crippen molar-refractivity contribution in [3.63, 3.8) is 0 Å². The number of anilines is 1. The lowest BCUT2D eigenvalue weighted by molar-refractivity contribution is 0.118. The Morgan fingerprint density at radius 2 is 1.86 bits per heavy atom. The molecule has 7 heteroatoms. The van der Waals surface area contributed by atoms with Crippen LogP contribution in [-0.4, -0.2) is 42.3 Å². The van der Waals surface area contributed by atoms with Crippen LogP contribution in [0.3, 0.4) is 0 Å². The Hall–Kier alpha value is -2.57. The van der Waals surface area contributed by atoms with Crippen molar-refractivity contribution in [1.82, 2.24) is 9.80 Å². The minimum absolute atomic E-state index is 0.268. The molecule has 0 fully saturated rings. The summed E-state index contributed by atoms with van der Waals surface area (Å²) < 4.78 is 19.0.